The lowest BCUT2D eigenvalue weighted by Crippen LogP contribution is -2.48. The molecule has 2 rings (SSSR count). The van der Waals surface area contributed by atoms with Crippen LogP contribution < -0.4 is 9.62 Å². The summed E-state index contributed by atoms with van der Waals surface area (Å²) in [6.45, 7) is 1.80. The van der Waals surface area contributed by atoms with E-state index in [1.165, 1.54) is 25.1 Å². The third-order valence-corrected chi connectivity index (χ3v) is 5.73. The summed E-state index contributed by atoms with van der Waals surface area (Å²) in [5.74, 6) is -0.488. The number of benzene rings is 2. The van der Waals surface area contributed by atoms with Gasteiger partial charge >= 0.3 is 0 Å². The quantitative estimate of drug-likeness (QED) is 0.366. The Morgan fingerprint density at radius 2 is 1.90 bits per heavy atom. The number of aryl methyl sites for hydroxylation is 1. The second kappa shape index (κ2) is 9.71. The molecule has 8 nitrogen and oxygen atoms in total. The van der Waals surface area contributed by atoms with Gasteiger partial charge in [0.25, 0.3) is 5.69 Å². The van der Waals surface area contributed by atoms with E-state index in [0.29, 0.717) is 18.0 Å². The lowest BCUT2D eigenvalue weighted by atomic mass is 10.1. The number of nitro groups is 1. The van der Waals surface area contributed by atoms with Crippen LogP contribution in [0.4, 0.5) is 11.4 Å². The number of rotatable bonds is 9. The molecular weight excluding hydrogens is 418 g/mol. The highest BCUT2D eigenvalue weighted by atomic mass is 35.5. The lowest BCUT2D eigenvalue weighted by molar-refractivity contribution is -0.384. The van der Waals surface area contributed by atoms with Crippen molar-refractivity contribution in [1.82, 2.24) is 5.32 Å². The highest BCUT2D eigenvalue weighted by Gasteiger charge is 2.29. The fourth-order valence-electron chi connectivity index (χ4n) is 2.86. The summed E-state index contributed by atoms with van der Waals surface area (Å²) >= 11 is 5.85. The van der Waals surface area contributed by atoms with Gasteiger partial charge in [0.05, 0.1) is 16.9 Å². The van der Waals surface area contributed by atoms with Crippen molar-refractivity contribution in [1.29, 1.82) is 0 Å². The minimum atomic E-state index is -3.84. The molecule has 0 radical (unpaired) electrons. The molecule has 2 aromatic rings. The van der Waals surface area contributed by atoms with Crippen LogP contribution in [0.3, 0.4) is 0 Å². The molecule has 0 aromatic heterocycles. The number of non-ortho nitro benzene ring substituents is 1. The van der Waals surface area contributed by atoms with Crippen LogP contribution in [0.25, 0.3) is 0 Å². The SMILES string of the molecule is C[C@H](C(=O)NCCCc1ccc(Cl)cc1)N(c1cccc([N+](=O)[O-])c1)S(C)(=O)=O. The van der Waals surface area contributed by atoms with Gasteiger partial charge in [0.2, 0.25) is 15.9 Å². The van der Waals surface area contributed by atoms with Gasteiger partial charge < -0.3 is 5.32 Å². The molecule has 0 bridgehead atoms. The van der Waals surface area contributed by atoms with Crippen LogP contribution in [0, 0.1) is 10.1 Å². The first-order valence-electron chi connectivity index (χ1n) is 8.85. The van der Waals surface area contributed by atoms with Crippen LogP contribution in [0.5, 0.6) is 0 Å². The first kappa shape index (κ1) is 22.6. The van der Waals surface area contributed by atoms with Gasteiger partial charge in [-0.1, -0.05) is 29.8 Å². The van der Waals surface area contributed by atoms with Crippen molar-refractivity contribution in [2.75, 3.05) is 17.1 Å². The normalized spacial score (nSPS) is 12.2. The number of hydrogen-bond donors (Lipinski definition) is 1. The van der Waals surface area contributed by atoms with Gasteiger partial charge in [0.1, 0.15) is 6.04 Å². The molecule has 1 amide bonds. The second-order valence-corrected chi connectivity index (χ2v) is 8.83. The number of halogens is 1. The maximum Gasteiger partial charge on any atom is 0.271 e. The topological polar surface area (TPSA) is 110 Å². The monoisotopic (exact) mass is 439 g/mol. The molecule has 0 saturated carbocycles. The van der Waals surface area contributed by atoms with E-state index < -0.39 is 26.9 Å². The zero-order valence-electron chi connectivity index (χ0n) is 16.0. The Morgan fingerprint density at radius 3 is 2.48 bits per heavy atom. The lowest BCUT2D eigenvalue weighted by Gasteiger charge is -2.28. The van der Waals surface area contributed by atoms with Gasteiger partial charge in [0, 0.05) is 23.7 Å². The number of nitro benzene ring substituents is 1. The third-order valence-electron chi connectivity index (χ3n) is 4.24. The molecule has 0 spiro atoms. The third kappa shape index (κ3) is 6.43. The number of nitrogens with zero attached hydrogens (tertiary/aromatic N) is 2. The zero-order chi connectivity index (χ0) is 21.6. The summed E-state index contributed by atoms with van der Waals surface area (Å²) in [5.41, 5.74) is 0.878. The molecule has 0 unspecified atom stereocenters. The molecule has 0 aliphatic heterocycles. The van der Waals surface area contributed by atoms with Crippen LogP contribution in [0.15, 0.2) is 48.5 Å². The van der Waals surface area contributed by atoms with E-state index in [1.54, 1.807) is 12.1 Å². The first-order chi connectivity index (χ1) is 13.6. The Bertz CT molecular complexity index is 980. The molecule has 156 valence electrons. The maximum atomic E-state index is 12.5. The van der Waals surface area contributed by atoms with Gasteiger partial charge in [-0.2, -0.15) is 0 Å². The molecule has 10 heteroatoms. The Balaban J connectivity index is 2.04. The molecule has 29 heavy (non-hydrogen) atoms. The number of amides is 1. The Morgan fingerprint density at radius 1 is 1.24 bits per heavy atom. The van der Waals surface area contributed by atoms with Gasteiger partial charge in [-0.15, -0.1) is 0 Å². The summed E-state index contributed by atoms with van der Waals surface area (Å²) in [5, 5.41) is 14.4. The number of carbonyl (C=O) groups is 1. The van der Waals surface area contributed by atoms with Crippen molar-refractivity contribution in [2.45, 2.75) is 25.8 Å². The largest absolute Gasteiger partial charge is 0.354 e. The van der Waals surface area contributed by atoms with Crippen LogP contribution >= 0.6 is 11.6 Å². The number of hydrogen-bond acceptors (Lipinski definition) is 5. The van der Waals surface area contributed by atoms with E-state index in [0.717, 1.165) is 28.6 Å². The molecule has 1 N–H and O–H groups in total. The summed E-state index contributed by atoms with van der Waals surface area (Å²) in [6.07, 6.45) is 2.35. The van der Waals surface area contributed by atoms with Gasteiger partial charge in [-0.25, -0.2) is 8.42 Å². The van der Waals surface area contributed by atoms with Crippen molar-refractivity contribution in [3.63, 3.8) is 0 Å². The molecule has 0 heterocycles. The fourth-order valence-corrected chi connectivity index (χ4v) is 4.15. The average Bonchev–Trinajstić information content (AvgIpc) is 2.65. The van der Waals surface area contributed by atoms with E-state index in [4.69, 9.17) is 11.6 Å². The van der Waals surface area contributed by atoms with Crippen LogP contribution in [0.2, 0.25) is 5.02 Å². The highest BCUT2D eigenvalue weighted by molar-refractivity contribution is 7.92. The molecule has 0 saturated heterocycles. The van der Waals surface area contributed by atoms with Crippen molar-refractivity contribution in [3.05, 3.63) is 69.2 Å². The summed E-state index contributed by atoms with van der Waals surface area (Å²) in [4.78, 5) is 22.9. The van der Waals surface area contributed by atoms with Gasteiger partial charge in [-0.3, -0.25) is 19.2 Å². The Hall–Kier alpha value is -2.65. The summed E-state index contributed by atoms with van der Waals surface area (Å²) in [6, 6.07) is 11.5. The highest BCUT2D eigenvalue weighted by Crippen LogP contribution is 2.25. The van der Waals surface area contributed by atoms with E-state index in [2.05, 4.69) is 5.32 Å². The van der Waals surface area contributed by atoms with Crippen molar-refractivity contribution in [2.24, 2.45) is 0 Å². The van der Waals surface area contributed by atoms with Crippen LogP contribution in [0.1, 0.15) is 18.9 Å². The summed E-state index contributed by atoms with van der Waals surface area (Å²) in [7, 11) is -3.84. The van der Waals surface area contributed by atoms with Gasteiger partial charge in [-0.05, 0) is 43.5 Å². The van der Waals surface area contributed by atoms with Crippen molar-refractivity contribution < 1.29 is 18.1 Å². The molecule has 0 fully saturated rings. The molecule has 1 atom stereocenters. The maximum absolute atomic E-state index is 12.5. The minimum absolute atomic E-state index is 0.0607. The molecule has 0 aliphatic carbocycles. The predicted molar refractivity (Wildman–Crippen MR) is 113 cm³/mol. The Labute approximate surface area is 174 Å². The average molecular weight is 440 g/mol. The zero-order valence-corrected chi connectivity index (χ0v) is 17.6. The van der Waals surface area contributed by atoms with E-state index >= 15 is 0 Å². The molecule has 2 aromatic carbocycles. The van der Waals surface area contributed by atoms with Gasteiger partial charge in [0.15, 0.2) is 0 Å². The van der Waals surface area contributed by atoms with E-state index in [-0.39, 0.29) is 11.4 Å². The smallest absolute Gasteiger partial charge is 0.271 e. The van der Waals surface area contributed by atoms with Crippen LogP contribution in [-0.4, -0.2) is 38.1 Å². The predicted octanol–water partition coefficient (Wildman–Crippen LogP) is 3.15. The van der Waals surface area contributed by atoms with E-state index in [9.17, 15) is 23.3 Å². The number of anilines is 1. The minimum Gasteiger partial charge on any atom is -0.354 e. The fraction of sp³-hybridized carbons (Fsp3) is 0.316. The molecule has 0 aliphatic rings. The van der Waals surface area contributed by atoms with E-state index in [1.807, 2.05) is 12.1 Å². The number of nitrogens with one attached hydrogen (secondary N) is 1. The first-order valence-corrected chi connectivity index (χ1v) is 11.1. The van der Waals surface area contributed by atoms with Crippen molar-refractivity contribution >= 4 is 38.9 Å². The second-order valence-electron chi connectivity index (χ2n) is 6.53. The number of carbonyl (C=O) groups excluding carboxylic acids is 1. The van der Waals surface area contributed by atoms with Crippen LogP contribution in [-0.2, 0) is 21.2 Å². The standard InChI is InChI=1S/C19H22ClN3O5S/c1-14(19(24)21-12-4-5-15-8-10-16(20)11-9-15)22(29(2,27)28)17-6-3-7-18(13-17)23(25)26/h3,6-11,13-14H,4-5,12H2,1-2H3,(H,21,24)/t14-/m1/s1. The summed E-state index contributed by atoms with van der Waals surface area (Å²) < 4.78 is 25.4. The van der Waals surface area contributed by atoms with Crippen molar-refractivity contribution in [3.8, 4) is 0 Å². The molecular formula is C19H22ClN3O5S. The Kier molecular flexibility index (Phi) is 7.58. The number of sulfonamides is 1.